The number of piperidine rings is 1. The van der Waals surface area contributed by atoms with Gasteiger partial charge in [-0.2, -0.15) is 0 Å². The number of nitrogens with zero attached hydrogens (tertiary/aromatic N) is 1. The first kappa shape index (κ1) is 13.5. The van der Waals surface area contributed by atoms with E-state index in [4.69, 9.17) is 5.73 Å². The molecule has 1 aliphatic heterocycles. The minimum Gasteiger partial charge on any atom is -0.337 e. The standard InChI is InChI=1S/C10H18N2O.ClH/c1-3-8(2)10(13)12-6-4-5-9(11)7-12;/h3,9H,4-7,11H2,1-2H3;1H/b8-3-;. The average Bonchev–Trinajstić information content (AvgIpc) is 2.15. The van der Waals surface area contributed by atoms with Crippen LogP contribution in [0.2, 0.25) is 0 Å². The summed E-state index contributed by atoms with van der Waals surface area (Å²) < 4.78 is 0. The van der Waals surface area contributed by atoms with Crippen LogP contribution in [0.3, 0.4) is 0 Å². The van der Waals surface area contributed by atoms with Gasteiger partial charge in [0.15, 0.2) is 0 Å². The smallest absolute Gasteiger partial charge is 0.249 e. The topological polar surface area (TPSA) is 46.3 Å². The molecule has 2 N–H and O–H groups in total. The van der Waals surface area contributed by atoms with Crippen molar-refractivity contribution in [2.24, 2.45) is 5.73 Å². The molecule has 0 aromatic carbocycles. The van der Waals surface area contributed by atoms with Crippen molar-refractivity contribution in [2.45, 2.75) is 32.7 Å². The van der Waals surface area contributed by atoms with E-state index in [2.05, 4.69) is 0 Å². The fraction of sp³-hybridized carbons (Fsp3) is 0.700. The van der Waals surface area contributed by atoms with E-state index in [-0.39, 0.29) is 24.4 Å². The van der Waals surface area contributed by atoms with Gasteiger partial charge < -0.3 is 10.6 Å². The molecule has 1 unspecified atom stereocenters. The summed E-state index contributed by atoms with van der Waals surface area (Å²) in [5.41, 5.74) is 6.61. The molecule has 3 nitrogen and oxygen atoms in total. The van der Waals surface area contributed by atoms with Crippen LogP contribution in [0, 0.1) is 0 Å². The normalized spacial score (nSPS) is 22.9. The molecule has 82 valence electrons. The summed E-state index contributed by atoms with van der Waals surface area (Å²) in [6.07, 6.45) is 3.92. The number of hydrogen-bond donors (Lipinski definition) is 1. The Morgan fingerprint density at radius 1 is 1.57 bits per heavy atom. The second-order valence-electron chi connectivity index (χ2n) is 3.63. The maximum Gasteiger partial charge on any atom is 0.249 e. The Balaban J connectivity index is 0.00000169. The van der Waals surface area contributed by atoms with Gasteiger partial charge in [0.1, 0.15) is 0 Å². The number of rotatable bonds is 1. The third kappa shape index (κ3) is 3.31. The molecule has 1 aliphatic rings. The Morgan fingerprint density at radius 3 is 2.71 bits per heavy atom. The van der Waals surface area contributed by atoms with Crippen molar-refractivity contribution in [3.63, 3.8) is 0 Å². The van der Waals surface area contributed by atoms with Crippen molar-refractivity contribution in [3.8, 4) is 0 Å². The Bertz CT molecular complexity index is 228. The van der Waals surface area contributed by atoms with Crippen LogP contribution in [0.15, 0.2) is 11.6 Å². The van der Waals surface area contributed by atoms with Crippen molar-refractivity contribution >= 4 is 18.3 Å². The predicted molar refractivity (Wildman–Crippen MR) is 60.5 cm³/mol. The zero-order chi connectivity index (χ0) is 9.84. The molecule has 1 amide bonds. The monoisotopic (exact) mass is 218 g/mol. The van der Waals surface area contributed by atoms with Crippen LogP contribution in [0.25, 0.3) is 0 Å². The molecule has 0 radical (unpaired) electrons. The lowest BCUT2D eigenvalue weighted by Crippen LogP contribution is -2.45. The molecule has 1 fully saturated rings. The van der Waals surface area contributed by atoms with E-state index in [1.54, 1.807) is 0 Å². The van der Waals surface area contributed by atoms with Gasteiger partial charge in [-0.1, -0.05) is 6.08 Å². The van der Waals surface area contributed by atoms with Gasteiger partial charge in [-0.25, -0.2) is 0 Å². The molecule has 1 heterocycles. The number of carbonyl (C=O) groups excluding carboxylic acids is 1. The predicted octanol–water partition coefficient (Wildman–Crippen LogP) is 1.32. The van der Waals surface area contributed by atoms with Crippen molar-refractivity contribution in [1.82, 2.24) is 4.90 Å². The lowest BCUT2D eigenvalue weighted by atomic mass is 10.1. The van der Waals surface area contributed by atoms with E-state index in [0.717, 1.165) is 25.0 Å². The Labute approximate surface area is 91.7 Å². The van der Waals surface area contributed by atoms with Crippen LogP contribution in [0.5, 0.6) is 0 Å². The second-order valence-corrected chi connectivity index (χ2v) is 3.63. The van der Waals surface area contributed by atoms with Gasteiger partial charge in [0.05, 0.1) is 0 Å². The number of carbonyl (C=O) groups is 1. The number of allylic oxidation sites excluding steroid dienone is 1. The highest BCUT2D eigenvalue weighted by Gasteiger charge is 2.21. The summed E-state index contributed by atoms with van der Waals surface area (Å²) >= 11 is 0. The third-order valence-corrected chi connectivity index (χ3v) is 2.52. The number of nitrogens with two attached hydrogens (primary N) is 1. The van der Waals surface area contributed by atoms with E-state index in [1.807, 2.05) is 24.8 Å². The minimum absolute atomic E-state index is 0. The molecule has 0 aliphatic carbocycles. The van der Waals surface area contributed by atoms with Crippen molar-refractivity contribution in [1.29, 1.82) is 0 Å². The summed E-state index contributed by atoms with van der Waals surface area (Å²) in [7, 11) is 0. The van der Waals surface area contributed by atoms with E-state index < -0.39 is 0 Å². The molecule has 1 rings (SSSR count). The van der Waals surface area contributed by atoms with Crippen LogP contribution in [-0.4, -0.2) is 29.9 Å². The van der Waals surface area contributed by atoms with Crippen LogP contribution < -0.4 is 5.73 Å². The molecule has 0 aromatic heterocycles. The van der Waals surface area contributed by atoms with Crippen LogP contribution >= 0.6 is 12.4 Å². The van der Waals surface area contributed by atoms with Gasteiger partial charge in [0, 0.05) is 24.7 Å². The van der Waals surface area contributed by atoms with Gasteiger partial charge in [-0.05, 0) is 26.7 Å². The molecule has 14 heavy (non-hydrogen) atoms. The molecule has 1 atom stereocenters. The van der Waals surface area contributed by atoms with Crippen LogP contribution in [0.1, 0.15) is 26.7 Å². The number of hydrogen-bond acceptors (Lipinski definition) is 2. The van der Waals surface area contributed by atoms with Gasteiger partial charge in [0.25, 0.3) is 0 Å². The highest BCUT2D eigenvalue weighted by molar-refractivity contribution is 5.92. The zero-order valence-electron chi connectivity index (χ0n) is 8.82. The number of halogens is 1. The van der Waals surface area contributed by atoms with Crippen LogP contribution in [-0.2, 0) is 4.79 Å². The summed E-state index contributed by atoms with van der Waals surface area (Å²) in [4.78, 5) is 13.5. The number of amides is 1. The summed E-state index contributed by atoms with van der Waals surface area (Å²) in [5.74, 6) is 0.137. The Kier molecular flexibility index (Phi) is 5.81. The average molecular weight is 219 g/mol. The molecule has 0 bridgehead atoms. The van der Waals surface area contributed by atoms with E-state index >= 15 is 0 Å². The minimum atomic E-state index is 0. The van der Waals surface area contributed by atoms with E-state index in [9.17, 15) is 4.79 Å². The van der Waals surface area contributed by atoms with Crippen molar-refractivity contribution in [2.75, 3.05) is 13.1 Å². The summed E-state index contributed by atoms with van der Waals surface area (Å²) in [5, 5.41) is 0. The van der Waals surface area contributed by atoms with Gasteiger partial charge >= 0.3 is 0 Å². The zero-order valence-corrected chi connectivity index (χ0v) is 9.64. The maximum atomic E-state index is 11.7. The summed E-state index contributed by atoms with van der Waals surface area (Å²) in [6, 6.07) is 0.169. The number of likely N-dealkylation sites (tertiary alicyclic amines) is 1. The van der Waals surface area contributed by atoms with E-state index in [0.29, 0.717) is 6.54 Å². The largest absolute Gasteiger partial charge is 0.337 e. The summed E-state index contributed by atoms with van der Waals surface area (Å²) in [6.45, 7) is 5.31. The molecular weight excluding hydrogens is 200 g/mol. The quantitative estimate of drug-likeness (QED) is 0.675. The van der Waals surface area contributed by atoms with Gasteiger partial charge in [-0.3, -0.25) is 4.79 Å². The lowest BCUT2D eigenvalue weighted by Gasteiger charge is -2.30. The Morgan fingerprint density at radius 2 is 2.21 bits per heavy atom. The highest BCUT2D eigenvalue weighted by atomic mass is 35.5. The second kappa shape index (κ2) is 6.04. The molecule has 0 saturated carbocycles. The first-order chi connectivity index (χ1) is 6.15. The lowest BCUT2D eigenvalue weighted by molar-refractivity contribution is -0.128. The Hall–Kier alpha value is -0.540. The van der Waals surface area contributed by atoms with Gasteiger partial charge in [-0.15, -0.1) is 12.4 Å². The SMILES string of the molecule is C/C=C(/C)C(=O)N1CCCC(N)C1.Cl. The highest BCUT2D eigenvalue weighted by Crippen LogP contribution is 2.11. The fourth-order valence-corrected chi connectivity index (χ4v) is 1.57. The van der Waals surface area contributed by atoms with Gasteiger partial charge in [0.2, 0.25) is 5.91 Å². The first-order valence-electron chi connectivity index (χ1n) is 4.83. The molecule has 0 spiro atoms. The maximum absolute atomic E-state index is 11.7. The molecular formula is C10H19ClN2O. The van der Waals surface area contributed by atoms with Crippen molar-refractivity contribution < 1.29 is 4.79 Å². The molecule has 0 aromatic rings. The van der Waals surface area contributed by atoms with Crippen LogP contribution in [0.4, 0.5) is 0 Å². The third-order valence-electron chi connectivity index (χ3n) is 2.52. The van der Waals surface area contributed by atoms with Crippen molar-refractivity contribution in [3.05, 3.63) is 11.6 Å². The molecule has 1 saturated heterocycles. The fourth-order valence-electron chi connectivity index (χ4n) is 1.57. The molecule has 4 heteroatoms. The van der Waals surface area contributed by atoms with E-state index in [1.165, 1.54) is 0 Å². The first-order valence-corrected chi connectivity index (χ1v) is 4.83.